The van der Waals surface area contributed by atoms with Crippen LogP contribution in [-0.2, 0) is 0 Å². The Morgan fingerprint density at radius 2 is 0.526 bits per heavy atom. The molecule has 0 amide bonds. The lowest BCUT2D eigenvalue weighted by atomic mass is 9.97. The van der Waals surface area contributed by atoms with Crippen LogP contribution in [0, 0.1) is 0 Å². The third kappa shape index (κ3) is 9.84. The van der Waals surface area contributed by atoms with Crippen LogP contribution in [0.15, 0.2) is 373 Å². The van der Waals surface area contributed by atoms with E-state index in [-0.39, 0.29) is 0 Å². The number of nitrogens with zero attached hydrogens (tertiary/aromatic N) is 10. The molecule has 0 aliphatic rings. The number of hydrogen-bond acceptors (Lipinski definition) is 8. The number of furan rings is 2. The van der Waals surface area contributed by atoms with Crippen LogP contribution in [0.1, 0.15) is 0 Å². The molecular formula is C102H60N10O2. The van der Waals surface area contributed by atoms with Crippen molar-refractivity contribution in [1.82, 2.24) is 48.2 Å². The van der Waals surface area contributed by atoms with Gasteiger partial charge in [-0.1, -0.05) is 261 Å². The van der Waals surface area contributed by atoms with Crippen LogP contribution in [0.5, 0.6) is 0 Å². The maximum absolute atomic E-state index is 7.46. The summed E-state index contributed by atoms with van der Waals surface area (Å²) in [5.41, 5.74) is 23.2. The minimum Gasteiger partial charge on any atom is -0.456 e. The lowest BCUT2D eigenvalue weighted by molar-refractivity contribution is 0.669. The van der Waals surface area contributed by atoms with E-state index in [9.17, 15) is 0 Å². The summed E-state index contributed by atoms with van der Waals surface area (Å²) in [5.74, 6) is 3.56. The molecule has 530 valence electrons. The van der Waals surface area contributed by atoms with Gasteiger partial charge in [-0.15, -0.1) is 0 Å². The zero-order valence-corrected chi connectivity index (χ0v) is 60.9. The first-order chi connectivity index (χ1) is 56.5. The summed E-state index contributed by atoms with van der Waals surface area (Å²) >= 11 is 0. The van der Waals surface area contributed by atoms with Crippen LogP contribution in [-0.4, -0.2) is 48.2 Å². The molecule has 0 saturated heterocycles. The van der Waals surface area contributed by atoms with Crippen molar-refractivity contribution in [2.75, 3.05) is 0 Å². The first-order valence-corrected chi connectivity index (χ1v) is 38.3. The summed E-state index contributed by atoms with van der Waals surface area (Å²) in [5, 5.41) is 13.2. The molecule has 12 heteroatoms. The van der Waals surface area contributed by atoms with Crippen molar-refractivity contribution in [1.29, 1.82) is 0 Å². The van der Waals surface area contributed by atoms with Crippen molar-refractivity contribution in [3.05, 3.63) is 364 Å². The van der Waals surface area contributed by atoms with Crippen LogP contribution in [0.3, 0.4) is 0 Å². The van der Waals surface area contributed by atoms with Gasteiger partial charge in [-0.2, -0.15) is 0 Å². The molecule has 16 aromatic carbocycles. The third-order valence-corrected chi connectivity index (χ3v) is 22.8. The van der Waals surface area contributed by atoms with E-state index in [4.69, 9.17) is 38.7 Å². The highest BCUT2D eigenvalue weighted by Gasteiger charge is 2.26. The zero-order chi connectivity index (χ0) is 74.6. The summed E-state index contributed by atoms with van der Waals surface area (Å²) in [6.07, 6.45) is 0. The van der Waals surface area contributed by atoms with Crippen LogP contribution in [0.2, 0.25) is 0 Å². The molecular weight excluding hydrogens is 1400 g/mol. The molecule has 24 aromatic rings. The number of para-hydroxylation sites is 5. The van der Waals surface area contributed by atoms with Gasteiger partial charge in [0.15, 0.2) is 34.9 Å². The van der Waals surface area contributed by atoms with Crippen LogP contribution >= 0.6 is 0 Å². The average molecular weight is 1460 g/mol. The molecule has 0 N–H and O–H groups in total. The van der Waals surface area contributed by atoms with E-state index in [0.29, 0.717) is 34.9 Å². The summed E-state index contributed by atoms with van der Waals surface area (Å²) in [4.78, 5) is 30.9. The minimum absolute atomic E-state index is 0.573. The van der Waals surface area contributed by atoms with Gasteiger partial charge in [0.1, 0.15) is 22.3 Å². The van der Waals surface area contributed by atoms with Crippen molar-refractivity contribution in [3.63, 3.8) is 0 Å². The highest BCUT2D eigenvalue weighted by molar-refractivity contribution is 6.23. The molecule has 0 atom stereocenters. The summed E-state index contributed by atoms with van der Waals surface area (Å²) in [6, 6.07) is 128. The summed E-state index contributed by atoms with van der Waals surface area (Å²) < 4.78 is 23.7. The maximum atomic E-state index is 7.46. The standard InChI is InChI=1S/C102H60N10O2/c1-5-25-61(26-6-1)97-103-98(62-27-7-2-8-28-62)106-101(105-97)65-33-21-35-67(53-65)111-89-56-70(50-52-74(89)81-59-93-83(58-90(81)111)75-39-16-20-48-92(75)113-93)110-86-46-19-15-40-79(86)95-76(41-24-47-87(95)110)77-42-23-43-78-82-57-80-73-51-49-69(109-84-44-17-13-37-71(84)72-38-14-18-45-85(72)109)55-88(73)112(91(80)60-94(82)114-96(77)78)68-36-22-34-66(54-68)102-107-99(63-29-9-3-10-30-63)104-100(108-102)64-31-11-4-12-32-64/h1-60H. The van der Waals surface area contributed by atoms with Crippen molar-refractivity contribution >= 4 is 131 Å². The second-order valence-electron chi connectivity index (χ2n) is 29.3. The molecule has 0 unspecified atom stereocenters. The van der Waals surface area contributed by atoms with Gasteiger partial charge in [0.05, 0.1) is 44.1 Å². The Balaban J connectivity index is 0.683. The molecule has 0 radical (unpaired) electrons. The molecule has 0 saturated carbocycles. The molecule has 0 bridgehead atoms. The smallest absolute Gasteiger partial charge is 0.164 e. The first-order valence-electron chi connectivity index (χ1n) is 38.3. The SMILES string of the molecule is c1ccc(-c2nc(-c3ccccc3)nc(-c3cccc(-n4c5cc(-n6c7ccccc7c7ccccc76)ccc5c5cc6c(cc54)oc4c(-c5cccc7c5c5ccccc5n7-c5ccc7c8cc9oc%10ccccc%10c9cc8n(-c8cccc(-c9nc(-c%10ccccc%10)nc(-c%10ccccc%10)n9)c8)c7c5)cccc46)c3)n2)cc1. The second kappa shape index (κ2) is 24.9. The Morgan fingerprint density at radius 1 is 0.175 bits per heavy atom. The molecule has 8 aromatic heterocycles. The number of fused-ring (bicyclic) bond motifs is 18. The van der Waals surface area contributed by atoms with E-state index in [2.05, 4.69) is 249 Å². The number of hydrogen-bond donors (Lipinski definition) is 0. The number of aromatic nitrogens is 10. The predicted octanol–water partition coefficient (Wildman–Crippen LogP) is 25.9. The zero-order valence-electron chi connectivity index (χ0n) is 60.9. The molecule has 24 rings (SSSR count). The Hall–Kier alpha value is -15.7. The molecule has 0 spiro atoms. The van der Waals surface area contributed by atoms with E-state index < -0.39 is 0 Å². The van der Waals surface area contributed by atoms with E-state index in [0.717, 1.165) is 188 Å². The van der Waals surface area contributed by atoms with Gasteiger partial charge in [0, 0.05) is 132 Å². The number of benzene rings is 16. The van der Waals surface area contributed by atoms with Crippen molar-refractivity contribution in [3.8, 4) is 102 Å². The summed E-state index contributed by atoms with van der Waals surface area (Å²) in [6.45, 7) is 0. The van der Waals surface area contributed by atoms with Crippen molar-refractivity contribution < 1.29 is 8.83 Å². The minimum atomic E-state index is 0.573. The highest BCUT2D eigenvalue weighted by Crippen LogP contribution is 2.48. The fraction of sp³-hybridized carbons (Fsp3) is 0. The van der Waals surface area contributed by atoms with E-state index in [1.54, 1.807) is 0 Å². The van der Waals surface area contributed by atoms with Crippen molar-refractivity contribution in [2.45, 2.75) is 0 Å². The van der Waals surface area contributed by atoms with E-state index >= 15 is 0 Å². The third-order valence-electron chi connectivity index (χ3n) is 22.8. The van der Waals surface area contributed by atoms with Crippen molar-refractivity contribution in [2.24, 2.45) is 0 Å². The summed E-state index contributed by atoms with van der Waals surface area (Å²) in [7, 11) is 0. The highest BCUT2D eigenvalue weighted by atomic mass is 16.3. The van der Waals surface area contributed by atoms with Gasteiger partial charge in [-0.05, 0) is 103 Å². The topological polar surface area (TPSA) is 123 Å². The van der Waals surface area contributed by atoms with Gasteiger partial charge in [-0.25, -0.2) is 29.9 Å². The molecule has 12 nitrogen and oxygen atoms in total. The average Bonchev–Trinajstić information content (AvgIpc) is 1.56. The lowest BCUT2D eigenvalue weighted by Gasteiger charge is -2.13. The second-order valence-corrected chi connectivity index (χ2v) is 29.3. The largest absolute Gasteiger partial charge is 0.456 e. The first kappa shape index (κ1) is 63.3. The quantitative estimate of drug-likeness (QED) is 0.125. The van der Waals surface area contributed by atoms with E-state index in [1.807, 2.05) is 133 Å². The maximum Gasteiger partial charge on any atom is 0.164 e. The van der Waals surface area contributed by atoms with Gasteiger partial charge in [0.25, 0.3) is 0 Å². The molecule has 0 aliphatic carbocycles. The normalized spacial score (nSPS) is 12.0. The van der Waals surface area contributed by atoms with E-state index in [1.165, 1.54) is 10.8 Å². The fourth-order valence-corrected chi connectivity index (χ4v) is 17.7. The van der Waals surface area contributed by atoms with Gasteiger partial charge < -0.3 is 27.1 Å². The molecule has 114 heavy (non-hydrogen) atoms. The molecule has 0 aliphatic heterocycles. The Morgan fingerprint density at radius 3 is 1.07 bits per heavy atom. The van der Waals surface area contributed by atoms with Gasteiger partial charge >= 0.3 is 0 Å². The Bertz CT molecular complexity index is 7940. The number of rotatable bonds is 11. The van der Waals surface area contributed by atoms with Gasteiger partial charge in [-0.3, -0.25) is 0 Å². The predicted molar refractivity (Wildman–Crippen MR) is 463 cm³/mol. The Kier molecular flexibility index (Phi) is 13.8. The van der Waals surface area contributed by atoms with Crippen LogP contribution in [0.25, 0.3) is 233 Å². The molecule has 8 heterocycles. The lowest BCUT2D eigenvalue weighted by Crippen LogP contribution is -2.01. The van der Waals surface area contributed by atoms with Crippen LogP contribution in [0.4, 0.5) is 0 Å². The monoisotopic (exact) mass is 1460 g/mol. The Labute approximate surface area is 650 Å². The molecule has 0 fully saturated rings. The van der Waals surface area contributed by atoms with Gasteiger partial charge in [0.2, 0.25) is 0 Å². The van der Waals surface area contributed by atoms with Crippen LogP contribution < -0.4 is 0 Å². The fourth-order valence-electron chi connectivity index (χ4n) is 17.7.